The Bertz CT molecular complexity index is 585. The Hall–Kier alpha value is -1.81. The molecule has 1 amide bonds. The van der Waals surface area contributed by atoms with E-state index in [1.807, 2.05) is 30.3 Å². The van der Waals surface area contributed by atoms with Gasteiger partial charge in [-0.1, -0.05) is 18.2 Å². The first-order valence-corrected chi connectivity index (χ1v) is 7.75. The van der Waals surface area contributed by atoms with Crippen molar-refractivity contribution >= 4 is 22.9 Å². The molecule has 1 aliphatic rings. The maximum Gasteiger partial charge on any atom is 0.230 e. The second kappa shape index (κ2) is 5.29. The van der Waals surface area contributed by atoms with E-state index in [0.717, 1.165) is 30.5 Å². The van der Waals surface area contributed by atoms with Gasteiger partial charge < -0.3 is 11.1 Å². The molecule has 1 fully saturated rings. The van der Waals surface area contributed by atoms with Gasteiger partial charge in [0.05, 0.1) is 5.41 Å². The van der Waals surface area contributed by atoms with Crippen molar-refractivity contribution < 1.29 is 4.79 Å². The van der Waals surface area contributed by atoms with Crippen molar-refractivity contribution in [2.75, 3.05) is 12.3 Å². The predicted molar refractivity (Wildman–Crippen MR) is 82.8 cm³/mol. The zero-order valence-electron chi connectivity index (χ0n) is 11.3. The molecule has 0 radical (unpaired) electrons. The van der Waals surface area contributed by atoms with Gasteiger partial charge >= 0.3 is 0 Å². The molecule has 4 heteroatoms. The summed E-state index contributed by atoms with van der Waals surface area (Å²) in [6.07, 6.45) is 2.77. The average Bonchev–Trinajstić information content (AvgIpc) is 3.10. The molecule has 3 rings (SSSR count). The van der Waals surface area contributed by atoms with Gasteiger partial charge in [-0.25, -0.2) is 0 Å². The number of nitrogen functional groups attached to an aromatic ring is 1. The number of rotatable bonds is 5. The van der Waals surface area contributed by atoms with Crippen LogP contribution in [0.5, 0.6) is 0 Å². The van der Waals surface area contributed by atoms with Gasteiger partial charge in [0.1, 0.15) is 0 Å². The molecule has 3 N–H and O–H groups in total. The van der Waals surface area contributed by atoms with Crippen molar-refractivity contribution in [1.82, 2.24) is 5.32 Å². The summed E-state index contributed by atoms with van der Waals surface area (Å²) in [5.41, 5.74) is 7.22. The van der Waals surface area contributed by atoms with Gasteiger partial charge in [0.15, 0.2) is 0 Å². The fourth-order valence-corrected chi connectivity index (χ4v) is 3.21. The summed E-state index contributed by atoms with van der Waals surface area (Å²) >= 11 is 1.73. The van der Waals surface area contributed by atoms with Crippen LogP contribution in [-0.2, 0) is 16.6 Å². The van der Waals surface area contributed by atoms with E-state index < -0.39 is 0 Å². The fourth-order valence-electron chi connectivity index (χ4n) is 2.50. The summed E-state index contributed by atoms with van der Waals surface area (Å²) in [5.74, 6) is 0.152. The highest BCUT2D eigenvalue weighted by Gasteiger charge is 2.50. The molecule has 20 heavy (non-hydrogen) atoms. The minimum absolute atomic E-state index is 0.152. The highest BCUT2D eigenvalue weighted by atomic mass is 32.1. The number of benzene rings is 1. The van der Waals surface area contributed by atoms with Gasteiger partial charge in [-0.15, -0.1) is 11.3 Å². The van der Waals surface area contributed by atoms with E-state index in [-0.39, 0.29) is 11.3 Å². The molecule has 0 atom stereocenters. The van der Waals surface area contributed by atoms with E-state index in [2.05, 4.69) is 16.8 Å². The molecule has 0 unspecified atom stereocenters. The van der Waals surface area contributed by atoms with Gasteiger partial charge in [0.25, 0.3) is 0 Å². The van der Waals surface area contributed by atoms with Crippen LogP contribution in [0.4, 0.5) is 5.69 Å². The van der Waals surface area contributed by atoms with Crippen LogP contribution in [0.25, 0.3) is 0 Å². The Balaban J connectivity index is 1.60. The SMILES string of the molecule is Nc1ccc(C2(C(=O)NCCc3cccs3)CC2)cc1. The van der Waals surface area contributed by atoms with E-state index in [1.54, 1.807) is 11.3 Å². The van der Waals surface area contributed by atoms with Crippen LogP contribution in [0.2, 0.25) is 0 Å². The molecule has 0 saturated heterocycles. The number of anilines is 1. The minimum atomic E-state index is -0.302. The first-order chi connectivity index (χ1) is 9.71. The Morgan fingerprint density at radius 2 is 2.00 bits per heavy atom. The third kappa shape index (κ3) is 2.56. The summed E-state index contributed by atoms with van der Waals surface area (Å²) in [5, 5.41) is 5.14. The molecule has 104 valence electrons. The van der Waals surface area contributed by atoms with E-state index in [0.29, 0.717) is 6.54 Å². The lowest BCUT2D eigenvalue weighted by Crippen LogP contribution is -2.35. The Labute approximate surface area is 122 Å². The molecule has 3 nitrogen and oxygen atoms in total. The zero-order chi connectivity index (χ0) is 14.0. The van der Waals surface area contributed by atoms with Gasteiger partial charge in [-0.05, 0) is 48.4 Å². The summed E-state index contributed by atoms with van der Waals surface area (Å²) in [4.78, 5) is 13.7. The summed E-state index contributed by atoms with van der Waals surface area (Å²) in [7, 11) is 0. The molecule has 1 saturated carbocycles. The Morgan fingerprint density at radius 1 is 1.25 bits per heavy atom. The molecular weight excluding hydrogens is 268 g/mol. The second-order valence-electron chi connectivity index (χ2n) is 5.29. The van der Waals surface area contributed by atoms with E-state index in [4.69, 9.17) is 5.73 Å². The number of nitrogens with two attached hydrogens (primary N) is 1. The van der Waals surface area contributed by atoms with Crippen LogP contribution < -0.4 is 11.1 Å². The lowest BCUT2D eigenvalue weighted by Gasteiger charge is -2.15. The van der Waals surface area contributed by atoms with Gasteiger partial charge in [-0.2, -0.15) is 0 Å². The Kier molecular flexibility index (Phi) is 3.49. The van der Waals surface area contributed by atoms with Crippen LogP contribution in [-0.4, -0.2) is 12.5 Å². The van der Waals surface area contributed by atoms with Crippen molar-refractivity contribution in [3.05, 3.63) is 52.2 Å². The van der Waals surface area contributed by atoms with Crippen molar-refractivity contribution in [2.45, 2.75) is 24.7 Å². The smallest absolute Gasteiger partial charge is 0.230 e. The monoisotopic (exact) mass is 286 g/mol. The number of nitrogens with one attached hydrogen (secondary N) is 1. The number of carbonyl (C=O) groups excluding carboxylic acids is 1. The van der Waals surface area contributed by atoms with Crippen LogP contribution >= 0.6 is 11.3 Å². The second-order valence-corrected chi connectivity index (χ2v) is 6.32. The number of hydrogen-bond donors (Lipinski definition) is 2. The number of carbonyl (C=O) groups is 1. The summed E-state index contributed by atoms with van der Waals surface area (Å²) in [6.45, 7) is 0.704. The van der Waals surface area contributed by atoms with Crippen LogP contribution in [0, 0.1) is 0 Å². The highest BCUT2D eigenvalue weighted by Crippen LogP contribution is 2.48. The largest absolute Gasteiger partial charge is 0.399 e. The summed E-state index contributed by atoms with van der Waals surface area (Å²) in [6, 6.07) is 11.8. The highest BCUT2D eigenvalue weighted by molar-refractivity contribution is 7.09. The lowest BCUT2D eigenvalue weighted by atomic mass is 9.95. The topological polar surface area (TPSA) is 55.1 Å². The normalized spacial score (nSPS) is 15.8. The maximum absolute atomic E-state index is 12.4. The van der Waals surface area contributed by atoms with E-state index in [1.165, 1.54) is 4.88 Å². The third-order valence-electron chi connectivity index (χ3n) is 3.88. The average molecular weight is 286 g/mol. The predicted octanol–water partition coefficient (Wildman–Crippen LogP) is 2.72. The molecule has 1 aromatic heterocycles. The minimum Gasteiger partial charge on any atom is -0.399 e. The van der Waals surface area contributed by atoms with Crippen LogP contribution in [0.1, 0.15) is 23.3 Å². The molecule has 0 spiro atoms. The number of amides is 1. The molecule has 0 aliphatic heterocycles. The number of hydrogen-bond acceptors (Lipinski definition) is 3. The van der Waals surface area contributed by atoms with Crippen molar-refractivity contribution in [1.29, 1.82) is 0 Å². The lowest BCUT2D eigenvalue weighted by molar-refractivity contribution is -0.123. The fraction of sp³-hybridized carbons (Fsp3) is 0.312. The quantitative estimate of drug-likeness (QED) is 0.830. The molecular formula is C16H18N2OS. The molecule has 2 aromatic rings. The maximum atomic E-state index is 12.4. The van der Waals surface area contributed by atoms with Crippen molar-refractivity contribution in [3.8, 4) is 0 Å². The molecule has 1 aliphatic carbocycles. The standard InChI is InChI=1S/C16H18N2OS/c17-13-5-3-12(4-6-13)16(8-9-16)15(19)18-10-7-14-2-1-11-20-14/h1-6,11H,7-10,17H2,(H,18,19). The molecule has 1 heterocycles. The van der Waals surface area contributed by atoms with Gasteiger partial charge in [0.2, 0.25) is 5.91 Å². The van der Waals surface area contributed by atoms with Gasteiger partial charge in [0, 0.05) is 17.1 Å². The first-order valence-electron chi connectivity index (χ1n) is 6.87. The Morgan fingerprint density at radius 3 is 2.60 bits per heavy atom. The van der Waals surface area contributed by atoms with E-state index in [9.17, 15) is 4.79 Å². The third-order valence-corrected chi connectivity index (χ3v) is 4.82. The molecule has 1 aromatic carbocycles. The zero-order valence-corrected chi connectivity index (χ0v) is 12.1. The summed E-state index contributed by atoms with van der Waals surface area (Å²) < 4.78 is 0. The van der Waals surface area contributed by atoms with Crippen LogP contribution in [0.3, 0.4) is 0 Å². The first kappa shape index (κ1) is 13.2. The van der Waals surface area contributed by atoms with Crippen molar-refractivity contribution in [2.24, 2.45) is 0 Å². The number of thiophene rings is 1. The van der Waals surface area contributed by atoms with Gasteiger partial charge in [-0.3, -0.25) is 4.79 Å². The van der Waals surface area contributed by atoms with Crippen molar-refractivity contribution in [3.63, 3.8) is 0 Å². The van der Waals surface area contributed by atoms with Crippen LogP contribution in [0.15, 0.2) is 41.8 Å². The molecule has 0 bridgehead atoms. The van der Waals surface area contributed by atoms with E-state index >= 15 is 0 Å².